The third-order valence-electron chi connectivity index (χ3n) is 4.76. The minimum Gasteiger partial charge on any atom is -0.497 e. The van der Waals surface area contributed by atoms with Gasteiger partial charge < -0.3 is 19.9 Å². The Labute approximate surface area is 163 Å². The molecule has 1 aliphatic rings. The molecule has 1 aliphatic heterocycles. The second-order valence-corrected chi connectivity index (χ2v) is 6.52. The monoisotopic (exact) mass is 379 g/mol. The number of aromatic nitrogens is 2. The van der Waals surface area contributed by atoms with E-state index in [9.17, 15) is 4.39 Å². The summed E-state index contributed by atoms with van der Waals surface area (Å²) in [5.41, 5.74) is 1.58. The van der Waals surface area contributed by atoms with E-state index in [1.165, 1.54) is 6.07 Å². The van der Waals surface area contributed by atoms with Gasteiger partial charge in [-0.25, -0.2) is 9.37 Å². The molecule has 0 aliphatic carbocycles. The smallest absolute Gasteiger partial charge is 0.227 e. The van der Waals surface area contributed by atoms with Gasteiger partial charge in [0.25, 0.3) is 0 Å². The van der Waals surface area contributed by atoms with Crippen LogP contribution >= 0.6 is 0 Å². The molecule has 1 fully saturated rings. The fraction of sp³-hybridized carbons (Fsp3) is 0.238. The summed E-state index contributed by atoms with van der Waals surface area (Å²) < 4.78 is 19.2. The van der Waals surface area contributed by atoms with Crippen molar-refractivity contribution >= 4 is 23.1 Å². The molecular formula is C21H22FN5O. The zero-order valence-electron chi connectivity index (χ0n) is 15.7. The normalized spacial score (nSPS) is 14.1. The highest BCUT2D eigenvalue weighted by molar-refractivity contribution is 5.58. The zero-order chi connectivity index (χ0) is 19.3. The van der Waals surface area contributed by atoms with Crippen molar-refractivity contribution in [3.05, 3.63) is 66.6 Å². The molecule has 0 spiro atoms. The van der Waals surface area contributed by atoms with Gasteiger partial charge >= 0.3 is 0 Å². The zero-order valence-corrected chi connectivity index (χ0v) is 15.7. The quantitative estimate of drug-likeness (QED) is 0.730. The first-order valence-electron chi connectivity index (χ1n) is 9.21. The van der Waals surface area contributed by atoms with Gasteiger partial charge in [0, 0.05) is 38.1 Å². The molecule has 1 saturated heterocycles. The van der Waals surface area contributed by atoms with Crippen LogP contribution in [0.3, 0.4) is 0 Å². The Kier molecular flexibility index (Phi) is 5.23. The van der Waals surface area contributed by atoms with Crippen LogP contribution in [0.1, 0.15) is 0 Å². The van der Waals surface area contributed by atoms with E-state index in [0.717, 1.165) is 43.4 Å². The van der Waals surface area contributed by atoms with Gasteiger partial charge in [0.2, 0.25) is 5.95 Å². The molecule has 0 unspecified atom stereocenters. The Morgan fingerprint density at radius 2 is 1.64 bits per heavy atom. The molecule has 6 nitrogen and oxygen atoms in total. The summed E-state index contributed by atoms with van der Waals surface area (Å²) in [7, 11) is 1.64. The molecule has 7 heteroatoms. The van der Waals surface area contributed by atoms with E-state index in [4.69, 9.17) is 4.74 Å². The Bertz CT molecular complexity index is 926. The lowest BCUT2D eigenvalue weighted by molar-refractivity contribution is 0.415. The van der Waals surface area contributed by atoms with Crippen LogP contribution in [-0.4, -0.2) is 43.3 Å². The number of nitrogens with zero attached hydrogens (tertiary/aromatic N) is 4. The summed E-state index contributed by atoms with van der Waals surface area (Å²) in [6.45, 7) is 2.92. The predicted molar refractivity (Wildman–Crippen MR) is 109 cm³/mol. The molecule has 3 aromatic rings. The van der Waals surface area contributed by atoms with Crippen LogP contribution in [0.25, 0.3) is 0 Å². The number of piperazine rings is 1. The number of rotatable bonds is 5. The number of halogens is 1. The van der Waals surface area contributed by atoms with Gasteiger partial charge in [-0.2, -0.15) is 4.98 Å². The fourth-order valence-electron chi connectivity index (χ4n) is 3.25. The molecule has 4 rings (SSSR count). The molecule has 1 N–H and O–H groups in total. The molecular weight excluding hydrogens is 357 g/mol. The van der Waals surface area contributed by atoms with Crippen molar-refractivity contribution in [3.8, 4) is 5.75 Å². The summed E-state index contributed by atoms with van der Waals surface area (Å²) in [4.78, 5) is 13.2. The van der Waals surface area contributed by atoms with Crippen LogP contribution in [0.2, 0.25) is 0 Å². The largest absolute Gasteiger partial charge is 0.497 e. The van der Waals surface area contributed by atoms with E-state index in [-0.39, 0.29) is 5.82 Å². The number of nitrogens with one attached hydrogen (secondary N) is 1. The maximum absolute atomic E-state index is 14.0. The third-order valence-corrected chi connectivity index (χ3v) is 4.76. The lowest BCUT2D eigenvalue weighted by Gasteiger charge is -2.36. The van der Waals surface area contributed by atoms with Crippen LogP contribution in [0.4, 0.5) is 27.5 Å². The van der Waals surface area contributed by atoms with E-state index in [1.54, 1.807) is 19.4 Å². The van der Waals surface area contributed by atoms with Crippen LogP contribution in [0.5, 0.6) is 5.75 Å². The van der Waals surface area contributed by atoms with E-state index >= 15 is 0 Å². The van der Waals surface area contributed by atoms with Gasteiger partial charge in [0.15, 0.2) is 0 Å². The molecule has 2 aromatic carbocycles. The first-order chi connectivity index (χ1) is 13.7. The number of anilines is 4. The molecule has 0 radical (unpaired) electrons. The molecule has 0 saturated carbocycles. The van der Waals surface area contributed by atoms with Gasteiger partial charge in [-0.05, 0) is 42.5 Å². The lowest BCUT2D eigenvalue weighted by atomic mass is 10.2. The second-order valence-electron chi connectivity index (χ2n) is 6.52. The van der Waals surface area contributed by atoms with Gasteiger partial charge in [0.1, 0.15) is 17.4 Å². The van der Waals surface area contributed by atoms with Gasteiger partial charge in [-0.3, -0.25) is 0 Å². The van der Waals surface area contributed by atoms with E-state index < -0.39 is 0 Å². The number of methoxy groups -OCH3 is 1. The van der Waals surface area contributed by atoms with Crippen molar-refractivity contribution in [2.24, 2.45) is 0 Å². The highest BCUT2D eigenvalue weighted by atomic mass is 19.1. The van der Waals surface area contributed by atoms with Gasteiger partial charge in [0.05, 0.1) is 12.8 Å². The van der Waals surface area contributed by atoms with Crippen LogP contribution in [-0.2, 0) is 0 Å². The molecule has 144 valence electrons. The minimum absolute atomic E-state index is 0.183. The van der Waals surface area contributed by atoms with E-state index in [0.29, 0.717) is 11.6 Å². The SMILES string of the molecule is COc1ccc(Nc2ccnc(N3CCN(c4ccccc4F)CC3)n2)cc1. The Balaban J connectivity index is 1.41. The van der Waals surface area contributed by atoms with Crippen LogP contribution < -0.4 is 19.9 Å². The summed E-state index contributed by atoms with van der Waals surface area (Å²) in [5, 5.41) is 3.28. The summed E-state index contributed by atoms with van der Waals surface area (Å²) in [6, 6.07) is 16.4. The molecule has 0 bridgehead atoms. The number of para-hydroxylation sites is 1. The van der Waals surface area contributed by atoms with Crippen molar-refractivity contribution in [1.29, 1.82) is 0 Å². The average Bonchev–Trinajstić information content (AvgIpc) is 2.75. The number of hydrogen-bond acceptors (Lipinski definition) is 6. The summed E-state index contributed by atoms with van der Waals surface area (Å²) in [6.07, 6.45) is 1.75. The highest BCUT2D eigenvalue weighted by Gasteiger charge is 2.21. The lowest BCUT2D eigenvalue weighted by Crippen LogP contribution is -2.47. The maximum atomic E-state index is 14.0. The maximum Gasteiger partial charge on any atom is 0.227 e. The van der Waals surface area contributed by atoms with Crippen LogP contribution in [0.15, 0.2) is 60.8 Å². The van der Waals surface area contributed by atoms with Crippen molar-refractivity contribution in [2.75, 3.05) is 48.4 Å². The summed E-state index contributed by atoms with van der Waals surface area (Å²) >= 11 is 0. The second kappa shape index (κ2) is 8.12. The van der Waals surface area contributed by atoms with Gasteiger partial charge in [-0.15, -0.1) is 0 Å². The number of ether oxygens (including phenoxy) is 1. The summed E-state index contributed by atoms with van der Waals surface area (Å²) in [5.74, 6) is 2.03. The highest BCUT2D eigenvalue weighted by Crippen LogP contribution is 2.23. The van der Waals surface area contributed by atoms with Crippen molar-refractivity contribution in [2.45, 2.75) is 0 Å². The first-order valence-corrected chi connectivity index (χ1v) is 9.21. The minimum atomic E-state index is -0.183. The first kappa shape index (κ1) is 18.0. The number of hydrogen-bond donors (Lipinski definition) is 1. The van der Waals surface area contributed by atoms with Gasteiger partial charge in [-0.1, -0.05) is 12.1 Å². The van der Waals surface area contributed by atoms with E-state index in [2.05, 4.69) is 25.1 Å². The predicted octanol–water partition coefficient (Wildman–Crippen LogP) is 3.69. The number of benzene rings is 2. The average molecular weight is 379 g/mol. The molecule has 0 atom stereocenters. The molecule has 0 amide bonds. The molecule has 1 aromatic heterocycles. The molecule has 2 heterocycles. The fourth-order valence-corrected chi connectivity index (χ4v) is 3.25. The Morgan fingerprint density at radius 3 is 2.36 bits per heavy atom. The Hall–Kier alpha value is -3.35. The third kappa shape index (κ3) is 3.98. The topological polar surface area (TPSA) is 53.5 Å². The molecule has 28 heavy (non-hydrogen) atoms. The standard InChI is InChI=1S/C21H22FN5O/c1-28-17-8-6-16(7-9-17)24-20-10-11-23-21(25-20)27-14-12-26(13-15-27)19-5-3-2-4-18(19)22/h2-11H,12-15H2,1H3,(H,23,24,25). The Morgan fingerprint density at radius 1 is 0.929 bits per heavy atom. The van der Waals surface area contributed by atoms with Crippen molar-refractivity contribution < 1.29 is 9.13 Å². The van der Waals surface area contributed by atoms with Crippen molar-refractivity contribution in [1.82, 2.24) is 9.97 Å². The van der Waals surface area contributed by atoms with Crippen molar-refractivity contribution in [3.63, 3.8) is 0 Å². The van der Waals surface area contributed by atoms with E-state index in [1.807, 2.05) is 42.5 Å². The van der Waals surface area contributed by atoms with Crippen LogP contribution in [0, 0.1) is 5.82 Å².